The van der Waals surface area contributed by atoms with Crippen molar-refractivity contribution < 1.29 is 24.6 Å². The molecule has 0 bridgehead atoms. The van der Waals surface area contributed by atoms with Gasteiger partial charge in [-0.15, -0.1) is 0 Å². The van der Waals surface area contributed by atoms with Gasteiger partial charge in [0.25, 0.3) is 0 Å². The molecule has 92 valence electrons. The van der Waals surface area contributed by atoms with Crippen molar-refractivity contribution >= 4 is 18.1 Å². The van der Waals surface area contributed by atoms with E-state index in [-0.39, 0.29) is 6.42 Å². The minimum absolute atomic E-state index is 0.243. The predicted octanol–water partition coefficient (Wildman–Crippen LogP) is -0.919. The van der Waals surface area contributed by atoms with Gasteiger partial charge in [0, 0.05) is 20.3 Å². The highest BCUT2D eigenvalue weighted by Gasteiger charge is 2.34. The van der Waals surface area contributed by atoms with Crippen LogP contribution in [0.5, 0.6) is 0 Å². The van der Waals surface area contributed by atoms with Crippen molar-refractivity contribution in [3.63, 3.8) is 0 Å². The summed E-state index contributed by atoms with van der Waals surface area (Å²) < 4.78 is 0. The van der Waals surface area contributed by atoms with Gasteiger partial charge >= 0.3 is 0 Å². The highest BCUT2D eigenvalue weighted by atomic mass is 16.3. The maximum absolute atomic E-state index is 11.2. The van der Waals surface area contributed by atoms with Crippen molar-refractivity contribution in [1.29, 1.82) is 0 Å². The molecule has 3 atom stereocenters. The molecule has 0 fully saturated rings. The zero-order chi connectivity index (χ0) is 12.9. The number of hydrogen-bond donors (Lipinski definition) is 2. The molecule has 0 heterocycles. The number of amides is 2. The number of aliphatic hydroxyl groups excluding tert-OH is 2. The van der Waals surface area contributed by atoms with E-state index in [0.717, 1.165) is 18.7 Å². The van der Waals surface area contributed by atoms with Crippen LogP contribution in [0.25, 0.3) is 0 Å². The Balaban J connectivity index is 5.06. The first-order chi connectivity index (χ1) is 7.32. The van der Waals surface area contributed by atoms with Gasteiger partial charge < -0.3 is 15.0 Å². The summed E-state index contributed by atoms with van der Waals surface area (Å²) in [5, 5.41) is 19.1. The molecule has 0 saturated carbocycles. The Morgan fingerprint density at radius 2 is 1.69 bits per heavy atom. The molecule has 0 aliphatic carbocycles. The Hall–Kier alpha value is -1.27. The zero-order valence-electron chi connectivity index (χ0n) is 9.58. The lowest BCUT2D eigenvalue weighted by Gasteiger charge is -2.33. The van der Waals surface area contributed by atoms with Gasteiger partial charge in [-0.1, -0.05) is 0 Å². The Kier molecular flexibility index (Phi) is 5.84. The Morgan fingerprint density at radius 3 is 1.94 bits per heavy atom. The molecular formula is C10H17NO5. The van der Waals surface area contributed by atoms with Crippen LogP contribution in [0.2, 0.25) is 0 Å². The fraction of sp³-hybridized carbons (Fsp3) is 0.700. The monoisotopic (exact) mass is 231 g/mol. The standard InChI is InChI=1S/C10H17NO5/c1-6(13)10(9(16)4-5-12)11(7(2)14)8(3)15/h5-6,9-10,13,16H,4H2,1-3H3. The van der Waals surface area contributed by atoms with Gasteiger partial charge in [-0.25, -0.2) is 0 Å². The van der Waals surface area contributed by atoms with Crippen molar-refractivity contribution in [2.24, 2.45) is 0 Å². The molecular weight excluding hydrogens is 214 g/mol. The van der Waals surface area contributed by atoms with Gasteiger partial charge in [-0.05, 0) is 6.92 Å². The van der Waals surface area contributed by atoms with Crippen molar-refractivity contribution in [3.05, 3.63) is 0 Å². The van der Waals surface area contributed by atoms with Gasteiger partial charge in [0.15, 0.2) is 0 Å². The molecule has 0 aromatic carbocycles. The van der Waals surface area contributed by atoms with E-state index in [4.69, 9.17) is 0 Å². The van der Waals surface area contributed by atoms with Crippen molar-refractivity contribution in [2.45, 2.75) is 45.4 Å². The highest BCUT2D eigenvalue weighted by Crippen LogP contribution is 2.13. The molecule has 6 heteroatoms. The summed E-state index contributed by atoms with van der Waals surface area (Å²) in [6.07, 6.45) is -2.14. The molecule has 0 saturated heterocycles. The average molecular weight is 231 g/mol. The van der Waals surface area contributed by atoms with Crippen LogP contribution in [0.15, 0.2) is 0 Å². The third-order valence-corrected chi connectivity index (χ3v) is 2.20. The fourth-order valence-electron chi connectivity index (χ4n) is 1.59. The normalized spacial score (nSPS) is 16.1. The largest absolute Gasteiger partial charge is 0.391 e. The minimum Gasteiger partial charge on any atom is -0.391 e. The van der Waals surface area contributed by atoms with Gasteiger partial charge in [-0.2, -0.15) is 0 Å². The summed E-state index contributed by atoms with van der Waals surface area (Å²) in [7, 11) is 0. The Labute approximate surface area is 93.9 Å². The van der Waals surface area contributed by atoms with Crippen LogP contribution >= 0.6 is 0 Å². The van der Waals surface area contributed by atoms with Crippen LogP contribution in [0, 0.1) is 0 Å². The molecule has 6 nitrogen and oxygen atoms in total. The number of rotatable bonds is 5. The lowest BCUT2D eigenvalue weighted by Crippen LogP contribution is -2.54. The van der Waals surface area contributed by atoms with E-state index in [9.17, 15) is 24.6 Å². The first-order valence-electron chi connectivity index (χ1n) is 4.93. The highest BCUT2D eigenvalue weighted by molar-refractivity contribution is 5.93. The van der Waals surface area contributed by atoms with Crippen molar-refractivity contribution in [2.75, 3.05) is 0 Å². The lowest BCUT2D eigenvalue weighted by molar-refractivity contribution is -0.152. The molecule has 2 amide bonds. The number of nitrogens with zero attached hydrogens (tertiary/aromatic N) is 1. The number of hydrogen-bond acceptors (Lipinski definition) is 5. The minimum atomic E-state index is -1.26. The third kappa shape index (κ3) is 3.71. The molecule has 0 aromatic rings. The SMILES string of the molecule is CC(=O)N(C(C)=O)C(C(C)O)C(O)CC=O. The lowest BCUT2D eigenvalue weighted by atomic mass is 10.0. The second-order valence-corrected chi connectivity index (χ2v) is 3.61. The van der Waals surface area contributed by atoms with Gasteiger partial charge in [0.2, 0.25) is 11.8 Å². The van der Waals surface area contributed by atoms with E-state index < -0.39 is 30.1 Å². The quantitative estimate of drug-likeness (QED) is 0.597. The second-order valence-electron chi connectivity index (χ2n) is 3.61. The van der Waals surface area contributed by atoms with Crippen LogP contribution < -0.4 is 0 Å². The van der Waals surface area contributed by atoms with E-state index in [1.807, 2.05) is 0 Å². The van der Waals surface area contributed by atoms with Gasteiger partial charge in [0.1, 0.15) is 6.29 Å². The summed E-state index contributed by atoms with van der Waals surface area (Å²) in [6, 6.07) is -1.10. The number of carbonyl (C=O) groups excluding carboxylic acids is 3. The van der Waals surface area contributed by atoms with Crippen LogP contribution in [-0.2, 0) is 14.4 Å². The molecule has 2 N–H and O–H groups in total. The van der Waals surface area contributed by atoms with Crippen molar-refractivity contribution in [3.8, 4) is 0 Å². The molecule has 16 heavy (non-hydrogen) atoms. The van der Waals surface area contributed by atoms with Crippen LogP contribution in [0.1, 0.15) is 27.2 Å². The summed E-state index contributed by atoms with van der Waals surface area (Å²) >= 11 is 0. The molecule has 0 radical (unpaired) electrons. The second kappa shape index (κ2) is 6.34. The van der Waals surface area contributed by atoms with Crippen LogP contribution in [-0.4, -0.2) is 51.5 Å². The van der Waals surface area contributed by atoms with Crippen LogP contribution in [0.4, 0.5) is 0 Å². The van der Waals surface area contributed by atoms with E-state index in [1.165, 1.54) is 6.92 Å². The Morgan fingerprint density at radius 1 is 1.25 bits per heavy atom. The third-order valence-electron chi connectivity index (χ3n) is 2.20. The molecule has 0 rings (SSSR count). The van der Waals surface area contributed by atoms with Gasteiger partial charge in [-0.3, -0.25) is 14.5 Å². The molecule has 0 aliphatic rings. The number of imide groups is 1. The van der Waals surface area contributed by atoms with E-state index in [2.05, 4.69) is 0 Å². The maximum atomic E-state index is 11.2. The summed E-state index contributed by atoms with van der Waals surface area (Å²) in [4.78, 5) is 33.5. The molecule has 0 aromatic heterocycles. The topological polar surface area (TPSA) is 94.9 Å². The number of carbonyl (C=O) groups is 3. The number of aliphatic hydroxyl groups is 2. The number of aldehydes is 1. The summed E-state index contributed by atoms with van der Waals surface area (Å²) in [5.74, 6) is -1.16. The molecule has 3 unspecified atom stereocenters. The molecule has 0 spiro atoms. The van der Waals surface area contributed by atoms with Crippen molar-refractivity contribution in [1.82, 2.24) is 4.90 Å². The van der Waals surface area contributed by atoms with E-state index >= 15 is 0 Å². The summed E-state index contributed by atoms with van der Waals surface area (Å²) in [6.45, 7) is 3.66. The van der Waals surface area contributed by atoms with E-state index in [0.29, 0.717) is 6.29 Å². The van der Waals surface area contributed by atoms with E-state index in [1.54, 1.807) is 0 Å². The average Bonchev–Trinajstić information content (AvgIpc) is 2.11. The molecule has 0 aliphatic heterocycles. The Bertz CT molecular complexity index is 262. The maximum Gasteiger partial charge on any atom is 0.226 e. The zero-order valence-corrected chi connectivity index (χ0v) is 9.58. The van der Waals surface area contributed by atoms with Crippen LogP contribution in [0.3, 0.4) is 0 Å². The van der Waals surface area contributed by atoms with Gasteiger partial charge in [0.05, 0.1) is 18.2 Å². The predicted molar refractivity (Wildman–Crippen MR) is 55.4 cm³/mol. The smallest absolute Gasteiger partial charge is 0.226 e. The summed E-state index contributed by atoms with van der Waals surface area (Å²) in [5.41, 5.74) is 0. The fourth-order valence-corrected chi connectivity index (χ4v) is 1.59. The first-order valence-corrected chi connectivity index (χ1v) is 4.93. The first kappa shape index (κ1) is 14.7.